The summed E-state index contributed by atoms with van der Waals surface area (Å²) >= 11 is 0. The Morgan fingerprint density at radius 1 is 0.833 bits per heavy atom. The van der Waals surface area contributed by atoms with Crippen molar-refractivity contribution in [1.82, 2.24) is 0 Å². The summed E-state index contributed by atoms with van der Waals surface area (Å²) in [6, 6.07) is 0. The van der Waals surface area contributed by atoms with E-state index in [1.54, 1.807) is 0 Å². The van der Waals surface area contributed by atoms with E-state index >= 15 is 0 Å². The number of unbranched alkanes of at least 4 members (excludes halogenated alkanes) is 5. The first-order chi connectivity index (χ1) is 8.74. The summed E-state index contributed by atoms with van der Waals surface area (Å²) in [5.74, 6) is 0. The Labute approximate surface area is 115 Å². The highest BCUT2D eigenvalue weighted by Gasteiger charge is 2.22. The Morgan fingerprint density at radius 3 is 1.94 bits per heavy atom. The van der Waals surface area contributed by atoms with Gasteiger partial charge in [-0.3, -0.25) is 0 Å². The molecule has 0 aromatic carbocycles. The predicted octanol–water partition coefficient (Wildman–Crippen LogP) is 6.07. The van der Waals surface area contributed by atoms with E-state index in [9.17, 15) is 4.57 Å². The standard InChI is InChI=1S/C15H32O2P/c1-4-7-8-9-10-11-14-18(16)17-15(12-5-2)13-6-3/h15H,4-14H2,1-3H3/q+1. The van der Waals surface area contributed by atoms with Crippen LogP contribution < -0.4 is 0 Å². The molecular weight excluding hydrogens is 243 g/mol. The average Bonchev–Trinajstić information content (AvgIpc) is 2.34. The molecule has 18 heavy (non-hydrogen) atoms. The van der Waals surface area contributed by atoms with Crippen molar-refractivity contribution >= 4 is 8.03 Å². The van der Waals surface area contributed by atoms with Crippen LogP contribution in [0.5, 0.6) is 0 Å². The lowest BCUT2D eigenvalue weighted by Gasteiger charge is -2.07. The first-order valence-electron chi connectivity index (χ1n) is 7.85. The molecule has 1 atom stereocenters. The van der Waals surface area contributed by atoms with Crippen molar-refractivity contribution in [1.29, 1.82) is 0 Å². The first kappa shape index (κ1) is 18.1. The minimum absolute atomic E-state index is 0.226. The highest BCUT2D eigenvalue weighted by molar-refractivity contribution is 7.39. The van der Waals surface area contributed by atoms with Gasteiger partial charge in [0.1, 0.15) is 6.10 Å². The van der Waals surface area contributed by atoms with Gasteiger partial charge in [-0.25, -0.2) is 0 Å². The van der Waals surface area contributed by atoms with Gasteiger partial charge in [0.2, 0.25) is 0 Å². The first-order valence-corrected chi connectivity index (χ1v) is 9.22. The second-order valence-corrected chi connectivity index (χ2v) is 6.45. The van der Waals surface area contributed by atoms with E-state index < -0.39 is 8.03 Å². The maximum Gasteiger partial charge on any atom is 0.508 e. The molecule has 0 aromatic rings. The van der Waals surface area contributed by atoms with Crippen LogP contribution >= 0.6 is 8.03 Å². The zero-order valence-corrected chi connectivity index (χ0v) is 13.5. The van der Waals surface area contributed by atoms with Gasteiger partial charge >= 0.3 is 8.03 Å². The Hall–Kier alpha value is 0.0600. The molecule has 0 amide bonds. The fourth-order valence-electron chi connectivity index (χ4n) is 2.13. The summed E-state index contributed by atoms with van der Waals surface area (Å²) in [6.07, 6.45) is 12.8. The molecule has 0 aliphatic heterocycles. The highest BCUT2D eigenvalue weighted by Crippen LogP contribution is 2.29. The quantitative estimate of drug-likeness (QED) is 0.301. The molecular formula is C15H32O2P+. The molecule has 1 unspecified atom stereocenters. The van der Waals surface area contributed by atoms with Crippen molar-refractivity contribution in [3.05, 3.63) is 0 Å². The molecule has 3 heteroatoms. The minimum Gasteiger partial charge on any atom is -0.143 e. The van der Waals surface area contributed by atoms with Crippen LogP contribution in [0.3, 0.4) is 0 Å². The van der Waals surface area contributed by atoms with E-state index in [0.717, 1.165) is 38.3 Å². The largest absolute Gasteiger partial charge is 0.508 e. The molecule has 0 aromatic heterocycles. The van der Waals surface area contributed by atoms with Crippen LogP contribution in [-0.2, 0) is 9.09 Å². The smallest absolute Gasteiger partial charge is 0.143 e. The van der Waals surface area contributed by atoms with Crippen molar-refractivity contribution in [2.45, 2.75) is 91.1 Å². The lowest BCUT2D eigenvalue weighted by atomic mass is 10.1. The van der Waals surface area contributed by atoms with Crippen LogP contribution in [0.2, 0.25) is 0 Å². The van der Waals surface area contributed by atoms with Crippen molar-refractivity contribution < 1.29 is 9.09 Å². The lowest BCUT2D eigenvalue weighted by Crippen LogP contribution is -2.08. The van der Waals surface area contributed by atoms with E-state index in [-0.39, 0.29) is 6.10 Å². The monoisotopic (exact) mass is 275 g/mol. The van der Waals surface area contributed by atoms with Crippen molar-refractivity contribution in [2.24, 2.45) is 0 Å². The van der Waals surface area contributed by atoms with E-state index in [2.05, 4.69) is 20.8 Å². The Balaban J connectivity index is 3.55. The number of hydrogen-bond donors (Lipinski definition) is 0. The third kappa shape index (κ3) is 11.2. The minimum atomic E-state index is -1.42. The predicted molar refractivity (Wildman–Crippen MR) is 80.5 cm³/mol. The molecule has 0 rings (SSSR count). The van der Waals surface area contributed by atoms with Gasteiger partial charge in [0.15, 0.2) is 6.16 Å². The van der Waals surface area contributed by atoms with Crippen molar-refractivity contribution in [2.75, 3.05) is 6.16 Å². The van der Waals surface area contributed by atoms with E-state index in [1.807, 2.05) is 0 Å². The van der Waals surface area contributed by atoms with Gasteiger partial charge in [-0.1, -0.05) is 59.3 Å². The number of hydrogen-bond acceptors (Lipinski definition) is 2. The zero-order chi connectivity index (χ0) is 13.6. The van der Waals surface area contributed by atoms with Gasteiger partial charge in [-0.2, -0.15) is 0 Å². The van der Waals surface area contributed by atoms with Gasteiger partial charge in [-0.15, -0.1) is 4.52 Å². The molecule has 0 bridgehead atoms. The van der Waals surface area contributed by atoms with Crippen LogP contribution in [-0.4, -0.2) is 12.3 Å². The summed E-state index contributed by atoms with van der Waals surface area (Å²) in [5.41, 5.74) is 0. The molecule has 0 N–H and O–H groups in total. The molecule has 108 valence electrons. The summed E-state index contributed by atoms with van der Waals surface area (Å²) in [5, 5.41) is 0. The summed E-state index contributed by atoms with van der Waals surface area (Å²) in [6.45, 7) is 6.55. The molecule has 0 aliphatic carbocycles. The van der Waals surface area contributed by atoms with Crippen LogP contribution in [0.25, 0.3) is 0 Å². The van der Waals surface area contributed by atoms with Crippen LogP contribution in [0, 0.1) is 0 Å². The second kappa shape index (κ2) is 13.5. The van der Waals surface area contributed by atoms with Gasteiger partial charge in [0, 0.05) is 0 Å². The van der Waals surface area contributed by atoms with E-state index in [0.29, 0.717) is 0 Å². The topological polar surface area (TPSA) is 26.3 Å². The summed E-state index contributed by atoms with van der Waals surface area (Å²) < 4.78 is 17.5. The van der Waals surface area contributed by atoms with E-state index in [1.165, 1.54) is 32.1 Å². The molecule has 0 saturated carbocycles. The third-order valence-electron chi connectivity index (χ3n) is 3.18. The molecule has 2 nitrogen and oxygen atoms in total. The van der Waals surface area contributed by atoms with Crippen molar-refractivity contribution in [3.8, 4) is 0 Å². The molecule has 0 saturated heterocycles. The second-order valence-electron chi connectivity index (χ2n) is 5.13. The normalized spacial score (nSPS) is 12.1. The lowest BCUT2D eigenvalue weighted by molar-refractivity contribution is 0.190. The van der Waals surface area contributed by atoms with Gasteiger partial charge in [0.25, 0.3) is 0 Å². The third-order valence-corrected chi connectivity index (χ3v) is 4.40. The molecule has 0 spiro atoms. The fourth-order valence-corrected chi connectivity index (χ4v) is 3.26. The van der Waals surface area contributed by atoms with E-state index in [4.69, 9.17) is 4.52 Å². The zero-order valence-electron chi connectivity index (χ0n) is 12.6. The van der Waals surface area contributed by atoms with Crippen LogP contribution in [0.1, 0.15) is 85.0 Å². The summed E-state index contributed by atoms with van der Waals surface area (Å²) in [7, 11) is -1.42. The SMILES string of the molecule is CCCCCCCC[P+](=O)OC(CCC)CCC. The molecule has 0 radical (unpaired) electrons. The average molecular weight is 275 g/mol. The molecule has 0 aliphatic rings. The highest BCUT2D eigenvalue weighted by atomic mass is 31.1. The van der Waals surface area contributed by atoms with Crippen LogP contribution in [0.4, 0.5) is 0 Å². The molecule has 0 fully saturated rings. The Kier molecular flexibility index (Phi) is 13.5. The Morgan fingerprint density at radius 2 is 1.39 bits per heavy atom. The van der Waals surface area contributed by atoms with Gasteiger partial charge in [-0.05, 0) is 30.2 Å². The Bertz CT molecular complexity index is 189. The molecule has 0 heterocycles. The van der Waals surface area contributed by atoms with Crippen molar-refractivity contribution in [3.63, 3.8) is 0 Å². The van der Waals surface area contributed by atoms with Crippen LogP contribution in [0.15, 0.2) is 0 Å². The van der Waals surface area contributed by atoms with Gasteiger partial charge < -0.3 is 0 Å². The van der Waals surface area contributed by atoms with Gasteiger partial charge in [0.05, 0.1) is 0 Å². The maximum absolute atomic E-state index is 11.8. The fraction of sp³-hybridized carbons (Fsp3) is 1.00. The maximum atomic E-state index is 11.8. The summed E-state index contributed by atoms with van der Waals surface area (Å²) in [4.78, 5) is 0. The number of rotatable bonds is 13.